The fraction of sp³-hybridized carbons (Fsp3) is 0.737. The minimum Gasteiger partial charge on any atom is -0.390 e. The molecule has 0 aromatic heterocycles. The lowest BCUT2D eigenvalue weighted by molar-refractivity contribution is -0.459. The molecule has 1 aromatic carbocycles. The number of nitrogens with two attached hydrogens (primary N) is 7. The first kappa shape index (κ1) is 81.3. The van der Waals surface area contributed by atoms with Gasteiger partial charge in [0.2, 0.25) is 23.6 Å². The lowest BCUT2D eigenvalue weighted by Gasteiger charge is -2.23. The number of hydrogen-bond acceptors (Lipinski definition) is 16. The molecular formula is C57H109N14O7S8+3. The Balaban J connectivity index is 2.36. The summed E-state index contributed by atoms with van der Waals surface area (Å²) in [5, 5.41) is 21.6. The van der Waals surface area contributed by atoms with E-state index in [1.165, 1.54) is 11.8 Å². The summed E-state index contributed by atoms with van der Waals surface area (Å²) < 4.78 is 0. The Labute approximate surface area is 549 Å². The Morgan fingerprint density at radius 3 is 1.24 bits per heavy atom. The molecule has 0 bridgehead atoms. The van der Waals surface area contributed by atoms with Crippen molar-refractivity contribution in [3.63, 3.8) is 0 Å². The van der Waals surface area contributed by atoms with Gasteiger partial charge in [-0.2, -0.15) is 94.1 Å². The number of hydrogen-bond donors (Lipinski definition) is 12. The first-order valence-corrected chi connectivity index (χ1v) is 39.3. The van der Waals surface area contributed by atoms with E-state index >= 15 is 0 Å². The normalized spacial score (nSPS) is 11.8. The molecule has 2 atom stereocenters. The molecule has 0 aliphatic rings. The molecule has 0 saturated heterocycles. The van der Waals surface area contributed by atoms with Gasteiger partial charge in [0.05, 0.1) is 58.1 Å². The van der Waals surface area contributed by atoms with Crippen LogP contribution in [0.4, 0.5) is 0 Å². The van der Waals surface area contributed by atoms with Crippen LogP contribution in [0.15, 0.2) is 43.0 Å². The van der Waals surface area contributed by atoms with Gasteiger partial charge in [-0.3, -0.25) is 68.6 Å². The van der Waals surface area contributed by atoms with Crippen molar-refractivity contribution in [2.75, 3.05) is 164 Å². The van der Waals surface area contributed by atoms with Gasteiger partial charge in [0.25, 0.3) is 0 Å². The van der Waals surface area contributed by atoms with Crippen LogP contribution < -0.4 is 55.3 Å². The Kier molecular flexibility index (Phi) is 54.3. The van der Waals surface area contributed by atoms with Crippen molar-refractivity contribution in [1.29, 1.82) is 0 Å². The lowest BCUT2D eigenvalue weighted by Crippen LogP contribution is -2.79. The van der Waals surface area contributed by atoms with Crippen LogP contribution in [-0.2, 0) is 30.6 Å². The van der Waals surface area contributed by atoms with Crippen molar-refractivity contribution >= 4 is 136 Å². The number of nitrogens with one attached hydrogen (secondary N) is 3. The number of carbonyl (C=O) groups is 4. The van der Waals surface area contributed by atoms with Gasteiger partial charge in [0.15, 0.2) is 0 Å². The minimum atomic E-state index is -0.921. The third-order valence-electron chi connectivity index (χ3n) is 12.7. The molecule has 0 aliphatic heterocycles. The maximum atomic E-state index is 13.5. The van der Waals surface area contributed by atoms with Crippen molar-refractivity contribution < 1.29 is 49.2 Å². The number of amides is 4. The summed E-state index contributed by atoms with van der Waals surface area (Å²) >= 11 is 14.2. The Morgan fingerprint density at radius 1 is 0.453 bits per heavy atom. The highest BCUT2D eigenvalue weighted by Crippen LogP contribution is 2.18. The largest absolute Gasteiger partial charge is 0.390 e. The zero-order valence-electron chi connectivity index (χ0n) is 51.1. The molecule has 0 fully saturated rings. The zero-order valence-corrected chi connectivity index (χ0v) is 57.7. The van der Waals surface area contributed by atoms with E-state index in [1.807, 2.05) is 92.1 Å². The second kappa shape index (κ2) is 57.4. The van der Waals surface area contributed by atoms with Gasteiger partial charge >= 0.3 is 17.9 Å². The highest BCUT2D eigenvalue weighted by atomic mass is 32.2. The van der Waals surface area contributed by atoms with Gasteiger partial charge in [0.1, 0.15) is 0 Å². The van der Waals surface area contributed by atoms with Crippen LogP contribution in [0.1, 0.15) is 82.6 Å². The summed E-state index contributed by atoms with van der Waals surface area (Å²) in [6.45, 7) is 10.3. The van der Waals surface area contributed by atoms with Gasteiger partial charge < -0.3 is 34.7 Å². The van der Waals surface area contributed by atoms with Gasteiger partial charge in [-0.1, -0.05) is 36.4 Å². The molecule has 0 saturated carbocycles. The number of carbonyl (C=O) groups excluding carboxylic acids is 4. The summed E-state index contributed by atoms with van der Waals surface area (Å²) in [7, 11) is 0. The van der Waals surface area contributed by atoms with Crippen LogP contribution in [0.25, 0.3) is 0 Å². The third kappa shape index (κ3) is 48.2. The second-order valence-corrected chi connectivity index (χ2v) is 29.6. The molecule has 1 aromatic rings. The number of unbranched alkanes of at least 4 members (excludes halogenated alkanes) is 1. The first-order valence-electron chi connectivity index (χ1n) is 30.1. The Hall–Kier alpha value is -2.71. The van der Waals surface area contributed by atoms with Crippen LogP contribution in [-0.4, -0.2) is 248 Å². The fourth-order valence-electron chi connectivity index (χ4n) is 8.07. The second-order valence-electron chi connectivity index (χ2n) is 20.0. The number of rotatable bonds is 59. The molecule has 0 radical (unpaired) electrons. The monoisotopic (exact) mass is 1360 g/mol. The third-order valence-corrected chi connectivity index (χ3v) is 21.6. The predicted octanol–water partition coefficient (Wildman–Crippen LogP) is -1.09. The Morgan fingerprint density at radius 2 is 0.802 bits per heavy atom. The van der Waals surface area contributed by atoms with Crippen molar-refractivity contribution in [1.82, 2.24) is 19.6 Å². The summed E-state index contributed by atoms with van der Waals surface area (Å²) in [6, 6.07) is 10.0. The molecule has 86 heavy (non-hydrogen) atoms. The van der Waals surface area contributed by atoms with Crippen LogP contribution in [0.3, 0.4) is 0 Å². The topological polar surface area (TPSA) is 355 Å². The van der Waals surface area contributed by atoms with E-state index in [9.17, 15) is 29.4 Å². The quantitative estimate of drug-likeness (QED) is 0.0121. The van der Waals surface area contributed by atoms with Gasteiger partial charge in [-0.15, -0.1) is 6.58 Å². The van der Waals surface area contributed by atoms with E-state index < -0.39 is 12.2 Å². The highest BCUT2D eigenvalue weighted by molar-refractivity contribution is 8.01. The van der Waals surface area contributed by atoms with E-state index in [1.54, 1.807) is 46.3 Å². The molecule has 0 aliphatic carbocycles. The molecule has 4 amide bonds. The minimum absolute atomic E-state index is 0.0755. The van der Waals surface area contributed by atoms with Crippen LogP contribution in [0.5, 0.6) is 0 Å². The van der Waals surface area contributed by atoms with Crippen LogP contribution >= 0.6 is 94.1 Å². The summed E-state index contributed by atoms with van der Waals surface area (Å²) in [5.74, 6) is 19.4. The van der Waals surface area contributed by atoms with Crippen molar-refractivity contribution in [3.8, 4) is 0 Å². The van der Waals surface area contributed by atoms with E-state index in [0.717, 1.165) is 126 Å². The fourth-order valence-corrected chi connectivity index (χ4v) is 15.9. The van der Waals surface area contributed by atoms with Crippen molar-refractivity contribution in [3.05, 3.63) is 48.6 Å². The number of nitrogens with zero attached hydrogens (tertiary/aromatic N) is 4. The van der Waals surface area contributed by atoms with Crippen LogP contribution in [0.2, 0.25) is 0 Å². The standard InChI is InChI=1S/C57H106N14O7S8/c1-2-23-68(27-20-65-55(58)59)51(74)16-41-82-38-11-35-79-31-7-6-24-71(45-48-14-4-3-5-15-48)54(77)19-44-86-47-50(73)49(72)46-85-33-9-26-70(29-22-67-57(62)63)53(76)18-43-83-39-12-36-80-32-8-25-69(28-21-66-56(60)61)52(75)17-42-84-40-13-37-81-34-10-30-78-64/h2-5,14-15,49-50,72-73H,1,6-13,16-47,64H2,(H4,58,59,65)(H4,60,61,66)(H4,62,63,67)/p+3. The first-order chi connectivity index (χ1) is 41.7. The lowest BCUT2D eigenvalue weighted by atomic mass is 10.2. The highest BCUT2D eigenvalue weighted by Gasteiger charge is 2.20. The summed E-state index contributed by atoms with van der Waals surface area (Å²) in [4.78, 5) is 73.4. The molecule has 19 N–H and O–H groups in total. The molecular weight excluding hydrogens is 1250 g/mol. The molecule has 0 heterocycles. The van der Waals surface area contributed by atoms with E-state index in [0.29, 0.717) is 127 Å². The smallest absolute Gasteiger partial charge is 0.338 e. The van der Waals surface area contributed by atoms with Gasteiger partial charge in [0, 0.05) is 92.9 Å². The maximum Gasteiger partial charge on any atom is 0.338 e. The number of thioether (sulfide) groups is 8. The van der Waals surface area contributed by atoms with E-state index in [4.69, 9.17) is 40.3 Å². The SMILES string of the molecule is C=CCN(CC[NH+]=C(N)N)C(=O)CCSCCCSCCCCN(Cc1ccccc1)C(=O)CCSCC(O)C(O)CSCCCN(CC[NH+]=C(N)N)C(=O)CCSCCCSCCCN(CC[NH+]=C(N)N)C(=O)CCSCCCSCCCON. The summed E-state index contributed by atoms with van der Waals surface area (Å²) in [6.07, 6.45) is 9.40. The molecule has 29 heteroatoms. The van der Waals surface area contributed by atoms with Crippen molar-refractivity contribution in [2.24, 2.45) is 40.3 Å². The summed E-state index contributed by atoms with van der Waals surface area (Å²) in [5.41, 5.74) is 34.4. The number of aliphatic hydroxyl groups excluding tert-OH is 2. The van der Waals surface area contributed by atoms with Crippen LogP contribution in [0, 0.1) is 0 Å². The predicted molar refractivity (Wildman–Crippen MR) is 376 cm³/mol. The number of aliphatic hydroxyl groups is 2. The molecule has 2 unspecified atom stereocenters. The molecule has 1 rings (SSSR count). The number of benzene rings is 1. The number of guanidine groups is 3. The molecule has 21 nitrogen and oxygen atoms in total. The zero-order chi connectivity index (χ0) is 63.1. The average Bonchev–Trinajstić information content (AvgIpc) is 3.69. The molecule has 0 spiro atoms. The van der Waals surface area contributed by atoms with E-state index in [-0.39, 0.29) is 41.5 Å². The Bertz CT molecular complexity index is 1990. The van der Waals surface area contributed by atoms with E-state index in [2.05, 4.69) is 26.4 Å². The van der Waals surface area contributed by atoms with Crippen molar-refractivity contribution in [2.45, 2.75) is 95.8 Å². The van der Waals surface area contributed by atoms with Gasteiger partial charge in [-0.25, -0.2) is 5.90 Å². The molecule has 494 valence electrons. The van der Waals surface area contributed by atoms with Gasteiger partial charge in [-0.05, 0) is 114 Å². The average molecular weight is 1360 g/mol. The maximum absolute atomic E-state index is 13.5.